The van der Waals surface area contributed by atoms with Gasteiger partial charge >= 0.3 is 6.03 Å². The van der Waals surface area contributed by atoms with E-state index >= 15 is 0 Å². The van der Waals surface area contributed by atoms with Gasteiger partial charge in [-0.1, -0.05) is 6.92 Å². The zero-order chi connectivity index (χ0) is 15.5. The van der Waals surface area contributed by atoms with E-state index in [2.05, 4.69) is 34.3 Å². The number of aromatic nitrogens is 3. The second-order valence-corrected chi connectivity index (χ2v) is 6.62. The first-order valence-electron chi connectivity index (χ1n) is 8.27. The normalized spacial score (nSPS) is 21.5. The fourth-order valence-corrected chi connectivity index (χ4v) is 3.18. The predicted molar refractivity (Wildman–Crippen MR) is 83.3 cm³/mol. The average Bonchev–Trinajstić information content (AvgIpc) is 3.00. The average molecular weight is 306 g/mol. The van der Waals surface area contributed by atoms with Gasteiger partial charge in [0.1, 0.15) is 6.33 Å². The Morgan fingerprint density at radius 2 is 2.14 bits per heavy atom. The highest BCUT2D eigenvalue weighted by molar-refractivity contribution is 5.74. The topological polar surface area (TPSA) is 66.3 Å². The van der Waals surface area contributed by atoms with Gasteiger partial charge < -0.3 is 14.8 Å². The Morgan fingerprint density at radius 1 is 1.36 bits per heavy atom. The number of carbonyl (C=O) groups excluding carboxylic acids is 1. The van der Waals surface area contributed by atoms with Gasteiger partial charge in [0, 0.05) is 25.7 Å². The minimum absolute atomic E-state index is 0.00600. The summed E-state index contributed by atoms with van der Waals surface area (Å²) in [5.41, 5.74) is 0. The van der Waals surface area contributed by atoms with Crippen LogP contribution in [0.2, 0.25) is 0 Å². The van der Waals surface area contributed by atoms with Gasteiger partial charge in [-0.3, -0.25) is 4.90 Å². The molecule has 122 valence electrons. The van der Waals surface area contributed by atoms with Gasteiger partial charge in [0.25, 0.3) is 0 Å². The van der Waals surface area contributed by atoms with E-state index in [-0.39, 0.29) is 6.03 Å². The summed E-state index contributed by atoms with van der Waals surface area (Å²) in [6, 6.07) is 0.399. The number of carbonyl (C=O) groups is 1. The number of likely N-dealkylation sites (tertiary alicyclic amines) is 1. The third-order valence-electron chi connectivity index (χ3n) is 4.92. The molecule has 0 spiro atoms. The Kier molecular flexibility index (Phi) is 4.61. The summed E-state index contributed by atoms with van der Waals surface area (Å²) < 4.78 is 2.00. The van der Waals surface area contributed by atoms with Crippen LogP contribution in [0.4, 0.5) is 4.79 Å². The van der Waals surface area contributed by atoms with Crippen molar-refractivity contribution in [2.45, 2.75) is 45.8 Å². The van der Waals surface area contributed by atoms with Gasteiger partial charge in [-0.25, -0.2) is 4.79 Å². The van der Waals surface area contributed by atoms with Crippen molar-refractivity contribution in [3.63, 3.8) is 0 Å². The molecule has 1 aromatic rings. The molecule has 1 aromatic heterocycles. The summed E-state index contributed by atoms with van der Waals surface area (Å²) in [7, 11) is 0. The highest BCUT2D eigenvalue weighted by Gasteiger charge is 2.24. The number of piperidine rings is 1. The van der Waals surface area contributed by atoms with Gasteiger partial charge in [-0.15, -0.1) is 10.2 Å². The molecule has 2 aliphatic heterocycles. The molecule has 0 aliphatic carbocycles. The minimum Gasteiger partial charge on any atom is -0.336 e. The summed E-state index contributed by atoms with van der Waals surface area (Å²) >= 11 is 0. The molecule has 3 heterocycles. The monoisotopic (exact) mass is 306 g/mol. The smallest absolute Gasteiger partial charge is 0.317 e. The van der Waals surface area contributed by atoms with Crippen molar-refractivity contribution >= 4 is 6.03 Å². The van der Waals surface area contributed by atoms with E-state index in [4.69, 9.17) is 0 Å². The molecule has 1 atom stereocenters. The summed E-state index contributed by atoms with van der Waals surface area (Å²) in [5.74, 6) is 1.70. The molecule has 7 heteroatoms. The number of urea groups is 1. The third-order valence-corrected chi connectivity index (χ3v) is 4.92. The van der Waals surface area contributed by atoms with Gasteiger partial charge in [0.2, 0.25) is 0 Å². The molecule has 2 amide bonds. The number of nitrogens with zero attached hydrogens (tertiary/aromatic N) is 5. The minimum atomic E-state index is 0.00600. The van der Waals surface area contributed by atoms with E-state index in [0.717, 1.165) is 31.4 Å². The fourth-order valence-electron chi connectivity index (χ4n) is 3.18. The number of amides is 2. The number of hydrogen-bond acceptors (Lipinski definition) is 4. The van der Waals surface area contributed by atoms with Gasteiger partial charge in [-0.2, -0.15) is 0 Å². The Labute approximate surface area is 131 Å². The molecular weight excluding hydrogens is 280 g/mol. The molecule has 0 bridgehead atoms. The lowest BCUT2D eigenvalue weighted by atomic mass is 9.98. The van der Waals surface area contributed by atoms with Crippen LogP contribution < -0.4 is 5.32 Å². The maximum atomic E-state index is 12.3. The first kappa shape index (κ1) is 15.3. The highest BCUT2D eigenvalue weighted by Crippen LogP contribution is 2.17. The molecular formula is C15H26N6O. The van der Waals surface area contributed by atoms with Crippen molar-refractivity contribution in [1.82, 2.24) is 29.9 Å². The van der Waals surface area contributed by atoms with Crippen molar-refractivity contribution in [1.29, 1.82) is 0 Å². The first-order chi connectivity index (χ1) is 10.6. The fraction of sp³-hybridized carbons (Fsp3) is 0.800. The molecule has 1 N–H and O–H groups in total. The molecule has 7 nitrogen and oxygen atoms in total. The maximum Gasteiger partial charge on any atom is 0.317 e. The quantitative estimate of drug-likeness (QED) is 0.902. The van der Waals surface area contributed by atoms with E-state index < -0.39 is 0 Å². The summed E-state index contributed by atoms with van der Waals surface area (Å²) in [4.78, 5) is 16.6. The zero-order valence-electron chi connectivity index (χ0n) is 13.5. The number of hydrogen-bond donors (Lipinski definition) is 1. The van der Waals surface area contributed by atoms with Crippen LogP contribution in [0.1, 0.15) is 32.5 Å². The Morgan fingerprint density at radius 3 is 2.91 bits per heavy atom. The van der Waals surface area contributed by atoms with Crippen molar-refractivity contribution in [3.05, 3.63) is 12.2 Å². The van der Waals surface area contributed by atoms with Crippen LogP contribution in [0.5, 0.6) is 0 Å². The van der Waals surface area contributed by atoms with E-state index in [9.17, 15) is 4.79 Å². The van der Waals surface area contributed by atoms with Crippen LogP contribution in [0, 0.1) is 5.92 Å². The van der Waals surface area contributed by atoms with Crippen LogP contribution >= 0.6 is 0 Å². The largest absolute Gasteiger partial charge is 0.336 e. The van der Waals surface area contributed by atoms with Gasteiger partial charge in [-0.05, 0) is 38.8 Å². The molecule has 1 saturated heterocycles. The van der Waals surface area contributed by atoms with Crippen LogP contribution in [-0.2, 0) is 13.1 Å². The molecule has 1 fully saturated rings. The highest BCUT2D eigenvalue weighted by atomic mass is 16.2. The predicted octanol–water partition coefficient (Wildman–Crippen LogP) is 0.924. The maximum absolute atomic E-state index is 12.3. The van der Waals surface area contributed by atoms with E-state index in [1.54, 1.807) is 6.33 Å². The summed E-state index contributed by atoms with van der Waals surface area (Å²) in [6.45, 7) is 9.54. The molecule has 2 aliphatic rings. The second kappa shape index (κ2) is 6.64. The van der Waals surface area contributed by atoms with Crippen molar-refractivity contribution in [2.75, 3.05) is 26.2 Å². The number of rotatable bonds is 3. The molecule has 1 unspecified atom stereocenters. The van der Waals surface area contributed by atoms with Crippen molar-refractivity contribution in [3.8, 4) is 0 Å². The third kappa shape index (κ3) is 3.40. The molecule has 0 aromatic carbocycles. The zero-order valence-corrected chi connectivity index (χ0v) is 13.5. The number of fused-ring (bicyclic) bond motifs is 1. The van der Waals surface area contributed by atoms with Crippen molar-refractivity contribution < 1.29 is 4.79 Å². The SMILES string of the molecule is CC1CCN(C(C)CNC(=O)N2CCn3cnnc3C2)CC1. The van der Waals surface area contributed by atoms with E-state index in [1.807, 2.05) is 9.47 Å². The van der Waals surface area contributed by atoms with E-state index in [1.165, 1.54) is 12.8 Å². The second-order valence-electron chi connectivity index (χ2n) is 6.62. The summed E-state index contributed by atoms with van der Waals surface area (Å²) in [5, 5.41) is 11.0. The van der Waals surface area contributed by atoms with Gasteiger partial charge in [0.05, 0.1) is 6.54 Å². The van der Waals surface area contributed by atoms with Crippen LogP contribution in [0.15, 0.2) is 6.33 Å². The molecule has 0 saturated carbocycles. The lowest BCUT2D eigenvalue weighted by molar-refractivity contribution is 0.140. The Hall–Kier alpha value is -1.63. The Balaban J connectivity index is 1.44. The van der Waals surface area contributed by atoms with Gasteiger partial charge in [0.15, 0.2) is 5.82 Å². The molecule has 3 rings (SSSR count). The van der Waals surface area contributed by atoms with Crippen molar-refractivity contribution in [2.24, 2.45) is 5.92 Å². The lowest BCUT2D eigenvalue weighted by Crippen LogP contribution is -2.49. The van der Waals surface area contributed by atoms with E-state index in [0.29, 0.717) is 25.7 Å². The standard InChI is InChI=1S/C15H26N6O/c1-12-3-5-19(6-4-12)13(2)9-16-15(22)20-7-8-21-11-17-18-14(21)10-20/h11-13H,3-10H2,1-2H3,(H,16,22). The lowest BCUT2D eigenvalue weighted by Gasteiger charge is -2.35. The van der Waals surface area contributed by atoms with Crippen LogP contribution in [0.3, 0.4) is 0 Å². The first-order valence-corrected chi connectivity index (χ1v) is 8.27. The Bertz CT molecular complexity index is 508. The van der Waals surface area contributed by atoms with Crippen LogP contribution in [-0.4, -0.2) is 62.8 Å². The molecule has 0 radical (unpaired) electrons. The summed E-state index contributed by atoms with van der Waals surface area (Å²) in [6.07, 6.45) is 4.25. The van der Waals surface area contributed by atoms with Crippen LogP contribution in [0.25, 0.3) is 0 Å². The molecule has 22 heavy (non-hydrogen) atoms. The number of nitrogens with one attached hydrogen (secondary N) is 1.